The Kier molecular flexibility index (Phi) is 5.41. The molecule has 0 amide bonds. The Hall–Kier alpha value is -0.860. The summed E-state index contributed by atoms with van der Waals surface area (Å²) in [5.41, 5.74) is 2.20. The van der Waals surface area contributed by atoms with Crippen LogP contribution in [0.2, 0.25) is 0 Å². The van der Waals surface area contributed by atoms with Gasteiger partial charge in [-0.2, -0.15) is 0 Å². The third-order valence-electron chi connectivity index (χ3n) is 4.50. The zero-order valence-electron chi connectivity index (χ0n) is 12.1. The lowest BCUT2D eigenvalue weighted by molar-refractivity contribution is 0.0450. The summed E-state index contributed by atoms with van der Waals surface area (Å²) in [6.45, 7) is 2.86. The van der Waals surface area contributed by atoms with E-state index in [4.69, 9.17) is 4.74 Å². The fourth-order valence-electron chi connectivity index (χ4n) is 3.44. The predicted molar refractivity (Wildman–Crippen MR) is 77.9 cm³/mol. The lowest BCUT2D eigenvalue weighted by Crippen LogP contribution is -2.25. The first-order valence-corrected chi connectivity index (χ1v) is 7.52. The van der Waals surface area contributed by atoms with Gasteiger partial charge in [0.2, 0.25) is 0 Å². The minimum absolute atomic E-state index is 0.318. The number of rotatable bonds is 5. The molecule has 0 aromatic heterocycles. The largest absolute Gasteiger partial charge is 0.388 e. The van der Waals surface area contributed by atoms with Crippen LogP contribution in [0.5, 0.6) is 0 Å². The summed E-state index contributed by atoms with van der Waals surface area (Å²) in [7, 11) is 1.71. The third-order valence-corrected chi connectivity index (χ3v) is 4.50. The zero-order valence-corrected chi connectivity index (χ0v) is 12.1. The van der Waals surface area contributed by atoms with E-state index in [-0.39, 0.29) is 6.10 Å². The fourth-order valence-corrected chi connectivity index (χ4v) is 3.44. The minimum atomic E-state index is -0.318. The maximum atomic E-state index is 10.7. The van der Waals surface area contributed by atoms with Crippen LogP contribution >= 0.6 is 0 Å². The molecule has 1 saturated carbocycles. The standard InChI is InChI=1S/C17H26O2/c1-3-14-8-4-5-10-16(14)17(18)15-9-6-7-13(11-15)12-19-2/h6-7,9,11,14,16-18H,3-5,8,10,12H2,1-2H3. The van der Waals surface area contributed by atoms with Gasteiger partial charge in [-0.05, 0) is 29.4 Å². The SMILES string of the molecule is CCC1CCCCC1C(O)c1cccc(COC)c1. The molecular formula is C17H26O2. The normalized spacial score (nSPS) is 25.2. The lowest BCUT2D eigenvalue weighted by Gasteiger charge is -2.34. The number of aliphatic hydroxyl groups excluding tert-OH is 1. The number of benzene rings is 1. The molecule has 1 aromatic rings. The molecule has 3 atom stereocenters. The molecule has 1 aliphatic rings. The van der Waals surface area contributed by atoms with Crippen LogP contribution in [0.1, 0.15) is 56.3 Å². The summed E-state index contributed by atoms with van der Waals surface area (Å²) in [4.78, 5) is 0. The van der Waals surface area contributed by atoms with Crippen molar-refractivity contribution in [3.8, 4) is 0 Å². The molecule has 3 unspecified atom stereocenters. The summed E-state index contributed by atoms with van der Waals surface area (Å²) < 4.78 is 5.17. The molecule has 1 aliphatic carbocycles. The number of aliphatic hydroxyl groups is 1. The van der Waals surface area contributed by atoms with E-state index >= 15 is 0 Å². The van der Waals surface area contributed by atoms with Gasteiger partial charge >= 0.3 is 0 Å². The molecule has 1 aromatic carbocycles. The van der Waals surface area contributed by atoms with Gasteiger partial charge in [-0.3, -0.25) is 0 Å². The molecular weight excluding hydrogens is 236 g/mol. The van der Waals surface area contributed by atoms with Crippen molar-refractivity contribution in [2.24, 2.45) is 11.8 Å². The van der Waals surface area contributed by atoms with Gasteiger partial charge in [-0.15, -0.1) is 0 Å². The quantitative estimate of drug-likeness (QED) is 0.866. The maximum Gasteiger partial charge on any atom is 0.0820 e. The molecule has 0 bridgehead atoms. The summed E-state index contributed by atoms with van der Waals surface area (Å²) in [6, 6.07) is 8.22. The van der Waals surface area contributed by atoms with Crippen molar-refractivity contribution in [3.05, 3.63) is 35.4 Å². The van der Waals surface area contributed by atoms with Crippen molar-refractivity contribution < 1.29 is 9.84 Å². The Morgan fingerprint density at radius 1 is 1.32 bits per heavy atom. The molecule has 0 radical (unpaired) electrons. The highest BCUT2D eigenvalue weighted by atomic mass is 16.5. The van der Waals surface area contributed by atoms with Gasteiger partial charge in [0.05, 0.1) is 12.7 Å². The molecule has 19 heavy (non-hydrogen) atoms. The smallest absolute Gasteiger partial charge is 0.0820 e. The van der Waals surface area contributed by atoms with E-state index < -0.39 is 0 Å². The lowest BCUT2D eigenvalue weighted by atomic mass is 9.73. The second-order valence-corrected chi connectivity index (χ2v) is 5.74. The summed E-state index contributed by atoms with van der Waals surface area (Å²) in [5, 5.41) is 10.7. The Morgan fingerprint density at radius 2 is 2.11 bits per heavy atom. The molecule has 106 valence electrons. The molecule has 2 nitrogen and oxygen atoms in total. The second-order valence-electron chi connectivity index (χ2n) is 5.74. The number of methoxy groups -OCH3 is 1. The predicted octanol–water partition coefficient (Wildman–Crippen LogP) is 4.08. The van der Waals surface area contributed by atoms with E-state index in [1.165, 1.54) is 25.7 Å². The maximum absolute atomic E-state index is 10.7. The van der Waals surface area contributed by atoms with Crippen molar-refractivity contribution in [1.29, 1.82) is 0 Å². The second kappa shape index (κ2) is 7.06. The van der Waals surface area contributed by atoms with Crippen LogP contribution < -0.4 is 0 Å². The molecule has 0 spiro atoms. The number of hydrogen-bond donors (Lipinski definition) is 1. The van der Waals surface area contributed by atoms with Gasteiger partial charge in [0.1, 0.15) is 0 Å². The topological polar surface area (TPSA) is 29.5 Å². The number of hydrogen-bond acceptors (Lipinski definition) is 2. The zero-order chi connectivity index (χ0) is 13.7. The van der Waals surface area contributed by atoms with Crippen LogP contribution in [0.4, 0.5) is 0 Å². The molecule has 1 N–H and O–H groups in total. The fraction of sp³-hybridized carbons (Fsp3) is 0.647. The number of ether oxygens (including phenoxy) is 1. The van der Waals surface area contributed by atoms with Crippen LogP contribution in [0, 0.1) is 11.8 Å². The average molecular weight is 262 g/mol. The van der Waals surface area contributed by atoms with E-state index in [0.29, 0.717) is 18.4 Å². The molecule has 2 heteroatoms. The first kappa shape index (κ1) is 14.5. The van der Waals surface area contributed by atoms with E-state index in [1.807, 2.05) is 12.1 Å². The van der Waals surface area contributed by atoms with Gasteiger partial charge in [0, 0.05) is 7.11 Å². The Morgan fingerprint density at radius 3 is 2.84 bits per heavy atom. The van der Waals surface area contributed by atoms with E-state index in [9.17, 15) is 5.11 Å². The summed E-state index contributed by atoms with van der Waals surface area (Å²) >= 11 is 0. The van der Waals surface area contributed by atoms with Crippen molar-refractivity contribution in [2.75, 3.05) is 7.11 Å². The molecule has 0 heterocycles. The van der Waals surface area contributed by atoms with Crippen molar-refractivity contribution in [1.82, 2.24) is 0 Å². The highest BCUT2D eigenvalue weighted by molar-refractivity contribution is 5.25. The molecule has 0 saturated heterocycles. The highest BCUT2D eigenvalue weighted by Crippen LogP contribution is 2.40. The van der Waals surface area contributed by atoms with Gasteiger partial charge in [0.25, 0.3) is 0 Å². The molecule has 1 fully saturated rings. The van der Waals surface area contributed by atoms with Crippen LogP contribution in [0.25, 0.3) is 0 Å². The van der Waals surface area contributed by atoms with Crippen molar-refractivity contribution >= 4 is 0 Å². The Balaban J connectivity index is 2.12. The minimum Gasteiger partial charge on any atom is -0.388 e. The summed E-state index contributed by atoms with van der Waals surface area (Å²) in [5.74, 6) is 1.10. The van der Waals surface area contributed by atoms with E-state index in [0.717, 1.165) is 17.5 Å². The molecule has 2 rings (SSSR count). The Labute approximate surface area is 116 Å². The highest BCUT2D eigenvalue weighted by Gasteiger charge is 2.30. The summed E-state index contributed by atoms with van der Waals surface area (Å²) in [6.07, 6.45) is 5.88. The van der Waals surface area contributed by atoms with Gasteiger partial charge in [0.15, 0.2) is 0 Å². The van der Waals surface area contributed by atoms with Gasteiger partial charge in [-0.1, -0.05) is 56.9 Å². The average Bonchev–Trinajstić information content (AvgIpc) is 2.47. The van der Waals surface area contributed by atoms with Crippen molar-refractivity contribution in [3.63, 3.8) is 0 Å². The van der Waals surface area contributed by atoms with Crippen LogP contribution in [0.3, 0.4) is 0 Å². The van der Waals surface area contributed by atoms with E-state index in [2.05, 4.69) is 19.1 Å². The molecule has 0 aliphatic heterocycles. The van der Waals surface area contributed by atoms with Crippen LogP contribution in [0.15, 0.2) is 24.3 Å². The monoisotopic (exact) mass is 262 g/mol. The first-order chi connectivity index (χ1) is 9.26. The van der Waals surface area contributed by atoms with Gasteiger partial charge < -0.3 is 9.84 Å². The van der Waals surface area contributed by atoms with Gasteiger partial charge in [-0.25, -0.2) is 0 Å². The first-order valence-electron chi connectivity index (χ1n) is 7.52. The van der Waals surface area contributed by atoms with Crippen LogP contribution in [-0.4, -0.2) is 12.2 Å². The van der Waals surface area contributed by atoms with E-state index in [1.54, 1.807) is 7.11 Å². The Bertz CT molecular complexity index is 389. The van der Waals surface area contributed by atoms with Crippen molar-refractivity contribution in [2.45, 2.75) is 51.7 Å². The third kappa shape index (κ3) is 3.58. The van der Waals surface area contributed by atoms with Crippen LogP contribution in [-0.2, 0) is 11.3 Å².